The molecule has 0 aliphatic carbocycles. The number of rotatable bonds is 7. The Morgan fingerprint density at radius 2 is 1.90 bits per heavy atom. The number of nitrogens with zero attached hydrogens (tertiary/aromatic N) is 3. The Balaban J connectivity index is 1.93. The third kappa shape index (κ3) is 4.54. The molecule has 0 atom stereocenters. The highest BCUT2D eigenvalue weighted by molar-refractivity contribution is 6.40. The highest BCUT2D eigenvalue weighted by Gasteiger charge is 2.19. The highest BCUT2D eigenvalue weighted by Crippen LogP contribution is 2.28. The highest BCUT2D eigenvalue weighted by atomic mass is 35.5. The van der Waals surface area contributed by atoms with Crippen molar-refractivity contribution in [3.63, 3.8) is 0 Å². The van der Waals surface area contributed by atoms with Gasteiger partial charge in [-0.05, 0) is 24.3 Å². The van der Waals surface area contributed by atoms with E-state index in [4.69, 9.17) is 27.9 Å². The fourth-order valence-corrected chi connectivity index (χ4v) is 3.45. The lowest BCUT2D eigenvalue weighted by Crippen LogP contribution is -2.30. The first-order valence-electron chi connectivity index (χ1n) is 8.86. The number of imidazole rings is 1. The van der Waals surface area contributed by atoms with Crippen LogP contribution in [0.4, 0.5) is 5.69 Å². The van der Waals surface area contributed by atoms with Gasteiger partial charge in [-0.1, -0.05) is 35.3 Å². The number of benzene rings is 2. The average molecular weight is 446 g/mol. The van der Waals surface area contributed by atoms with Gasteiger partial charge in [0, 0.05) is 13.7 Å². The molecule has 10 heteroatoms. The van der Waals surface area contributed by atoms with E-state index in [0.29, 0.717) is 29.9 Å². The molecule has 8 nitrogen and oxygen atoms in total. The SMILES string of the molecule is COCCNC(=O)Cn1c(C#N)nc2c(NC(=O)c3c(Cl)cccc3Cl)cccc21. The summed E-state index contributed by atoms with van der Waals surface area (Å²) in [6.45, 7) is 0.628. The van der Waals surface area contributed by atoms with E-state index in [9.17, 15) is 14.9 Å². The second kappa shape index (κ2) is 9.59. The van der Waals surface area contributed by atoms with Gasteiger partial charge in [0.05, 0.1) is 33.4 Å². The Hall–Kier alpha value is -3.12. The maximum Gasteiger partial charge on any atom is 0.258 e. The van der Waals surface area contributed by atoms with E-state index >= 15 is 0 Å². The smallest absolute Gasteiger partial charge is 0.258 e. The van der Waals surface area contributed by atoms with E-state index in [1.165, 1.54) is 11.7 Å². The van der Waals surface area contributed by atoms with E-state index in [0.717, 1.165) is 0 Å². The van der Waals surface area contributed by atoms with Gasteiger partial charge in [0.2, 0.25) is 11.7 Å². The van der Waals surface area contributed by atoms with E-state index < -0.39 is 5.91 Å². The molecule has 2 aromatic carbocycles. The first-order valence-corrected chi connectivity index (χ1v) is 9.62. The third-order valence-corrected chi connectivity index (χ3v) is 4.88. The van der Waals surface area contributed by atoms with E-state index in [-0.39, 0.29) is 33.9 Å². The maximum absolute atomic E-state index is 12.7. The number of carbonyl (C=O) groups is 2. The number of amides is 2. The molecule has 0 spiro atoms. The van der Waals surface area contributed by atoms with Crippen LogP contribution < -0.4 is 10.6 Å². The number of hydrogen-bond acceptors (Lipinski definition) is 5. The number of fused-ring (bicyclic) bond motifs is 1. The van der Waals surface area contributed by atoms with Gasteiger partial charge in [-0.15, -0.1) is 0 Å². The standard InChI is InChI=1S/C20H17Cl2N5O3/c1-30-9-8-24-17(28)11-27-15-7-3-6-14(19(15)26-16(27)10-23)25-20(29)18-12(21)4-2-5-13(18)22/h2-7H,8-9,11H2,1H3,(H,24,28)(H,25,29). The van der Waals surface area contributed by atoms with Crippen molar-refractivity contribution < 1.29 is 14.3 Å². The maximum atomic E-state index is 12.7. The van der Waals surface area contributed by atoms with E-state index in [2.05, 4.69) is 15.6 Å². The van der Waals surface area contributed by atoms with Crippen molar-refractivity contribution in [2.45, 2.75) is 6.54 Å². The molecule has 0 saturated heterocycles. The largest absolute Gasteiger partial charge is 0.383 e. The van der Waals surface area contributed by atoms with Crippen LogP contribution in [0.1, 0.15) is 16.2 Å². The summed E-state index contributed by atoms with van der Waals surface area (Å²) in [6, 6.07) is 11.8. The topological polar surface area (TPSA) is 109 Å². The van der Waals surface area contributed by atoms with Crippen molar-refractivity contribution in [2.75, 3.05) is 25.6 Å². The summed E-state index contributed by atoms with van der Waals surface area (Å²) < 4.78 is 6.39. The summed E-state index contributed by atoms with van der Waals surface area (Å²) in [5.41, 5.74) is 1.39. The van der Waals surface area contributed by atoms with Crippen molar-refractivity contribution in [3.05, 3.63) is 57.8 Å². The summed E-state index contributed by atoms with van der Waals surface area (Å²) in [5.74, 6) is -0.757. The first kappa shape index (κ1) is 21.6. The summed E-state index contributed by atoms with van der Waals surface area (Å²) in [6.07, 6.45) is 0. The molecule has 0 aliphatic heterocycles. The van der Waals surface area contributed by atoms with Crippen LogP contribution >= 0.6 is 23.2 Å². The number of aromatic nitrogens is 2. The Morgan fingerprint density at radius 1 is 1.20 bits per heavy atom. The summed E-state index contributed by atoms with van der Waals surface area (Å²) in [7, 11) is 1.54. The zero-order chi connectivity index (χ0) is 21.7. The van der Waals surface area contributed by atoms with Crippen LogP contribution in [0.5, 0.6) is 0 Å². The first-order chi connectivity index (χ1) is 14.5. The summed E-state index contributed by atoms with van der Waals surface area (Å²) >= 11 is 12.2. The molecule has 0 radical (unpaired) electrons. The molecule has 0 unspecified atom stereocenters. The van der Waals surface area contributed by atoms with Gasteiger partial charge in [0.15, 0.2) is 0 Å². The van der Waals surface area contributed by atoms with Crippen molar-refractivity contribution in [1.29, 1.82) is 5.26 Å². The van der Waals surface area contributed by atoms with Crippen LogP contribution in [-0.2, 0) is 16.1 Å². The van der Waals surface area contributed by atoms with E-state index in [1.54, 1.807) is 36.4 Å². The number of methoxy groups -OCH3 is 1. The van der Waals surface area contributed by atoms with Gasteiger partial charge in [-0.2, -0.15) is 5.26 Å². The number of nitrogens with one attached hydrogen (secondary N) is 2. The lowest BCUT2D eigenvalue weighted by Gasteiger charge is -2.10. The van der Waals surface area contributed by atoms with Crippen LogP contribution in [0.3, 0.4) is 0 Å². The molecule has 154 valence electrons. The van der Waals surface area contributed by atoms with Gasteiger partial charge in [-0.25, -0.2) is 4.98 Å². The Bertz CT molecular complexity index is 1130. The lowest BCUT2D eigenvalue weighted by molar-refractivity contribution is -0.121. The Labute approximate surface area is 182 Å². The van der Waals surface area contributed by atoms with Crippen LogP contribution in [-0.4, -0.2) is 41.6 Å². The molecule has 30 heavy (non-hydrogen) atoms. The molecule has 3 aromatic rings. The molecular weight excluding hydrogens is 429 g/mol. The van der Waals surface area contributed by atoms with Crippen molar-refractivity contribution in [2.24, 2.45) is 0 Å². The van der Waals surface area contributed by atoms with Crippen LogP contribution in [0.2, 0.25) is 10.0 Å². The number of ether oxygens (including phenoxy) is 1. The van der Waals surface area contributed by atoms with E-state index in [1.807, 2.05) is 6.07 Å². The molecule has 0 aliphatic rings. The zero-order valence-corrected chi connectivity index (χ0v) is 17.4. The number of hydrogen-bond donors (Lipinski definition) is 2. The molecule has 0 saturated carbocycles. The fourth-order valence-electron chi connectivity index (χ4n) is 2.88. The van der Waals surface area contributed by atoms with Gasteiger partial charge in [-0.3, -0.25) is 9.59 Å². The predicted molar refractivity (Wildman–Crippen MR) is 114 cm³/mol. The number of carbonyl (C=O) groups excluding carboxylic acids is 2. The molecule has 3 rings (SSSR count). The fraction of sp³-hybridized carbons (Fsp3) is 0.200. The predicted octanol–water partition coefficient (Wildman–Crippen LogP) is 3.23. The summed E-state index contributed by atoms with van der Waals surface area (Å²) in [4.78, 5) is 29.2. The minimum Gasteiger partial charge on any atom is -0.383 e. The lowest BCUT2D eigenvalue weighted by atomic mass is 10.2. The van der Waals surface area contributed by atoms with Gasteiger partial charge >= 0.3 is 0 Å². The number of nitriles is 1. The monoisotopic (exact) mass is 445 g/mol. The minimum atomic E-state index is -0.511. The molecule has 1 heterocycles. The normalized spacial score (nSPS) is 10.6. The molecule has 2 N–H and O–H groups in total. The average Bonchev–Trinajstić information content (AvgIpc) is 3.06. The second-order valence-electron chi connectivity index (χ2n) is 6.20. The van der Waals surface area contributed by atoms with Crippen LogP contribution in [0.15, 0.2) is 36.4 Å². The quantitative estimate of drug-likeness (QED) is 0.542. The number of para-hydroxylation sites is 1. The van der Waals surface area contributed by atoms with Crippen molar-refractivity contribution in [3.8, 4) is 6.07 Å². The Kier molecular flexibility index (Phi) is 6.90. The second-order valence-corrected chi connectivity index (χ2v) is 7.01. The Morgan fingerprint density at radius 3 is 2.57 bits per heavy atom. The number of halogens is 2. The molecule has 1 aromatic heterocycles. The van der Waals surface area contributed by atoms with Gasteiger partial charge < -0.3 is 19.9 Å². The molecule has 0 bridgehead atoms. The van der Waals surface area contributed by atoms with Crippen molar-refractivity contribution >= 4 is 51.7 Å². The van der Waals surface area contributed by atoms with Gasteiger partial charge in [0.25, 0.3) is 5.91 Å². The molecular formula is C20H17Cl2N5O3. The number of anilines is 1. The zero-order valence-electron chi connectivity index (χ0n) is 15.9. The molecule has 0 fully saturated rings. The van der Waals surface area contributed by atoms with Crippen LogP contribution in [0, 0.1) is 11.3 Å². The van der Waals surface area contributed by atoms with Crippen molar-refractivity contribution in [1.82, 2.24) is 14.9 Å². The summed E-state index contributed by atoms with van der Waals surface area (Å²) in [5, 5.41) is 15.3. The van der Waals surface area contributed by atoms with Gasteiger partial charge in [0.1, 0.15) is 18.1 Å². The molecule has 2 amide bonds. The third-order valence-electron chi connectivity index (χ3n) is 4.25. The minimum absolute atomic E-state index is 0.0457. The van der Waals surface area contributed by atoms with Crippen LogP contribution in [0.25, 0.3) is 11.0 Å².